The molecule has 1 heterocycles. The van der Waals surface area contributed by atoms with Gasteiger partial charge in [-0.15, -0.1) is 0 Å². The molecule has 3 aromatic rings. The second-order valence-electron chi connectivity index (χ2n) is 7.67. The molecule has 0 atom stereocenters. The molecule has 148 valence electrons. The van der Waals surface area contributed by atoms with Crippen molar-refractivity contribution >= 4 is 0 Å². The molecule has 28 heavy (non-hydrogen) atoms. The van der Waals surface area contributed by atoms with Gasteiger partial charge in [0.1, 0.15) is 11.6 Å². The van der Waals surface area contributed by atoms with E-state index in [2.05, 4.69) is 53.8 Å². The molecule has 3 rings (SSSR count). The summed E-state index contributed by atoms with van der Waals surface area (Å²) in [6.45, 7) is 8.04. The number of nitrogens with zero attached hydrogens (tertiary/aromatic N) is 2. The Balaban J connectivity index is 1.71. The SMILES string of the molecule is COc1ccc(CN(Cc2cccn2Cc2ccc(F)cc2)CC(C)C)cc1. The highest BCUT2D eigenvalue weighted by atomic mass is 19.1. The number of hydrogen-bond acceptors (Lipinski definition) is 2. The van der Waals surface area contributed by atoms with Crippen LogP contribution >= 0.6 is 0 Å². The van der Waals surface area contributed by atoms with Crippen LogP contribution in [0.4, 0.5) is 4.39 Å². The van der Waals surface area contributed by atoms with Crippen LogP contribution in [0.3, 0.4) is 0 Å². The van der Waals surface area contributed by atoms with Crippen molar-refractivity contribution in [1.82, 2.24) is 9.47 Å². The number of aromatic nitrogens is 1. The van der Waals surface area contributed by atoms with Gasteiger partial charge in [-0.2, -0.15) is 0 Å². The van der Waals surface area contributed by atoms with E-state index in [1.54, 1.807) is 7.11 Å². The Morgan fingerprint density at radius 3 is 2.25 bits per heavy atom. The molecule has 1 aromatic heterocycles. The first-order valence-corrected chi connectivity index (χ1v) is 9.77. The predicted molar refractivity (Wildman–Crippen MR) is 112 cm³/mol. The Morgan fingerprint density at radius 1 is 0.929 bits per heavy atom. The van der Waals surface area contributed by atoms with Crippen LogP contribution in [-0.2, 0) is 19.6 Å². The quantitative estimate of drug-likeness (QED) is 0.498. The zero-order chi connectivity index (χ0) is 19.9. The second kappa shape index (κ2) is 9.56. The fourth-order valence-electron chi connectivity index (χ4n) is 3.45. The lowest BCUT2D eigenvalue weighted by Crippen LogP contribution is -2.28. The molecule has 0 spiro atoms. The van der Waals surface area contributed by atoms with Gasteiger partial charge in [-0.3, -0.25) is 4.90 Å². The molecular formula is C24H29FN2O. The highest BCUT2D eigenvalue weighted by Crippen LogP contribution is 2.17. The molecule has 0 aliphatic heterocycles. The van der Waals surface area contributed by atoms with E-state index in [9.17, 15) is 4.39 Å². The van der Waals surface area contributed by atoms with Gasteiger partial charge in [-0.25, -0.2) is 4.39 Å². The Hall–Kier alpha value is -2.59. The first kappa shape index (κ1) is 20.2. The van der Waals surface area contributed by atoms with Crippen molar-refractivity contribution in [3.8, 4) is 5.75 Å². The zero-order valence-electron chi connectivity index (χ0n) is 16.9. The number of halogens is 1. The van der Waals surface area contributed by atoms with Crippen LogP contribution in [0.2, 0.25) is 0 Å². The van der Waals surface area contributed by atoms with E-state index < -0.39 is 0 Å². The molecule has 0 bridgehead atoms. The third-order valence-electron chi connectivity index (χ3n) is 4.76. The van der Waals surface area contributed by atoms with Gasteiger partial charge < -0.3 is 9.30 Å². The van der Waals surface area contributed by atoms with E-state index in [1.165, 1.54) is 23.4 Å². The third kappa shape index (κ3) is 5.70. The van der Waals surface area contributed by atoms with Crippen LogP contribution in [0.1, 0.15) is 30.7 Å². The maximum atomic E-state index is 13.2. The normalized spacial score (nSPS) is 11.4. The van der Waals surface area contributed by atoms with Crippen LogP contribution in [0.5, 0.6) is 5.75 Å². The molecule has 0 amide bonds. The minimum Gasteiger partial charge on any atom is -0.497 e. The van der Waals surface area contributed by atoms with Crippen LogP contribution in [0.15, 0.2) is 66.9 Å². The number of ether oxygens (including phenoxy) is 1. The molecule has 0 aliphatic rings. The van der Waals surface area contributed by atoms with E-state index in [0.29, 0.717) is 5.92 Å². The molecule has 0 N–H and O–H groups in total. The van der Waals surface area contributed by atoms with E-state index in [1.807, 2.05) is 24.3 Å². The largest absolute Gasteiger partial charge is 0.497 e. The van der Waals surface area contributed by atoms with Crippen molar-refractivity contribution in [2.75, 3.05) is 13.7 Å². The van der Waals surface area contributed by atoms with Gasteiger partial charge in [0, 0.05) is 38.1 Å². The van der Waals surface area contributed by atoms with Crippen molar-refractivity contribution in [3.05, 3.63) is 89.5 Å². The standard InChI is InChI=1S/C24H29FN2O/c1-19(2)15-26(16-20-8-12-24(28-3)13-9-20)18-23-5-4-14-27(23)17-21-6-10-22(25)11-7-21/h4-14,19H,15-18H2,1-3H3. The average molecular weight is 381 g/mol. The van der Waals surface area contributed by atoms with Crippen LogP contribution in [-0.4, -0.2) is 23.1 Å². The molecule has 4 heteroatoms. The maximum absolute atomic E-state index is 13.2. The van der Waals surface area contributed by atoms with E-state index >= 15 is 0 Å². The first-order chi connectivity index (χ1) is 13.5. The third-order valence-corrected chi connectivity index (χ3v) is 4.76. The zero-order valence-corrected chi connectivity index (χ0v) is 16.9. The summed E-state index contributed by atoms with van der Waals surface area (Å²) < 4.78 is 20.7. The van der Waals surface area contributed by atoms with Crippen molar-refractivity contribution < 1.29 is 9.13 Å². The molecule has 0 radical (unpaired) electrons. The average Bonchev–Trinajstić information content (AvgIpc) is 3.10. The van der Waals surface area contributed by atoms with Crippen molar-refractivity contribution in [2.45, 2.75) is 33.5 Å². The summed E-state index contributed by atoms with van der Waals surface area (Å²) in [6.07, 6.45) is 2.10. The number of rotatable bonds is 9. The maximum Gasteiger partial charge on any atom is 0.123 e. The molecule has 0 aliphatic carbocycles. The van der Waals surface area contributed by atoms with E-state index in [-0.39, 0.29) is 5.82 Å². The lowest BCUT2D eigenvalue weighted by molar-refractivity contribution is 0.222. The van der Waals surface area contributed by atoms with Crippen LogP contribution < -0.4 is 4.74 Å². The van der Waals surface area contributed by atoms with Crippen molar-refractivity contribution in [1.29, 1.82) is 0 Å². The summed E-state index contributed by atoms with van der Waals surface area (Å²) in [7, 11) is 1.69. The minimum atomic E-state index is -0.195. The topological polar surface area (TPSA) is 17.4 Å². The molecule has 0 fully saturated rings. The van der Waals surface area contributed by atoms with Gasteiger partial charge in [0.05, 0.1) is 7.11 Å². The smallest absolute Gasteiger partial charge is 0.123 e. The fraction of sp³-hybridized carbons (Fsp3) is 0.333. The van der Waals surface area contributed by atoms with Crippen molar-refractivity contribution in [3.63, 3.8) is 0 Å². The highest BCUT2D eigenvalue weighted by Gasteiger charge is 2.12. The molecule has 3 nitrogen and oxygen atoms in total. The van der Waals surface area contributed by atoms with Gasteiger partial charge in [0.25, 0.3) is 0 Å². The number of benzene rings is 2. The summed E-state index contributed by atoms with van der Waals surface area (Å²) in [5.74, 6) is 1.27. The summed E-state index contributed by atoms with van der Waals surface area (Å²) in [5, 5.41) is 0. The molecule has 2 aromatic carbocycles. The van der Waals surface area contributed by atoms with Gasteiger partial charge >= 0.3 is 0 Å². The molecular weight excluding hydrogens is 351 g/mol. The Kier molecular flexibility index (Phi) is 6.88. The molecule has 0 unspecified atom stereocenters. The number of methoxy groups -OCH3 is 1. The highest BCUT2D eigenvalue weighted by molar-refractivity contribution is 5.27. The van der Waals surface area contributed by atoms with E-state index in [4.69, 9.17) is 4.74 Å². The predicted octanol–water partition coefficient (Wildman–Crippen LogP) is 5.34. The first-order valence-electron chi connectivity index (χ1n) is 9.77. The lowest BCUT2D eigenvalue weighted by Gasteiger charge is -2.25. The molecule has 0 saturated carbocycles. The second-order valence-corrected chi connectivity index (χ2v) is 7.67. The van der Waals surface area contributed by atoms with Crippen LogP contribution in [0.25, 0.3) is 0 Å². The van der Waals surface area contributed by atoms with Gasteiger partial charge in [0.2, 0.25) is 0 Å². The monoisotopic (exact) mass is 380 g/mol. The number of hydrogen-bond donors (Lipinski definition) is 0. The minimum absolute atomic E-state index is 0.195. The van der Waals surface area contributed by atoms with Gasteiger partial charge in [-0.05, 0) is 53.4 Å². The fourth-order valence-corrected chi connectivity index (χ4v) is 3.45. The van der Waals surface area contributed by atoms with Gasteiger partial charge in [-0.1, -0.05) is 38.1 Å². The Labute approximate surface area is 167 Å². The summed E-state index contributed by atoms with van der Waals surface area (Å²) >= 11 is 0. The van der Waals surface area contributed by atoms with E-state index in [0.717, 1.165) is 37.5 Å². The Morgan fingerprint density at radius 2 is 1.61 bits per heavy atom. The lowest BCUT2D eigenvalue weighted by atomic mass is 10.1. The molecule has 0 saturated heterocycles. The summed E-state index contributed by atoms with van der Waals surface area (Å²) in [4.78, 5) is 2.48. The van der Waals surface area contributed by atoms with Crippen molar-refractivity contribution in [2.24, 2.45) is 5.92 Å². The summed E-state index contributed by atoms with van der Waals surface area (Å²) in [6, 6.07) is 19.3. The van der Waals surface area contributed by atoms with Crippen LogP contribution in [0, 0.1) is 11.7 Å². The van der Waals surface area contributed by atoms with Gasteiger partial charge in [0.15, 0.2) is 0 Å². The summed E-state index contributed by atoms with van der Waals surface area (Å²) in [5.41, 5.74) is 3.64. The Bertz CT molecular complexity index is 853.